The first-order valence-electron chi connectivity index (χ1n) is 8.36. The number of carboxylic acids is 1. The number of nitrogens with one attached hydrogen (secondary N) is 1. The average Bonchev–Trinajstić information content (AvgIpc) is 2.51. The topological polar surface area (TPSA) is 66.4 Å². The van der Waals surface area contributed by atoms with Gasteiger partial charge in [0.2, 0.25) is 0 Å². The summed E-state index contributed by atoms with van der Waals surface area (Å²) >= 11 is 0. The Morgan fingerprint density at radius 3 is 2.30 bits per heavy atom. The van der Waals surface area contributed by atoms with Crippen molar-refractivity contribution in [2.75, 3.05) is 0 Å². The predicted molar refractivity (Wildman–Crippen MR) is 99.9 cm³/mol. The quantitative estimate of drug-likeness (QED) is 0.585. The van der Waals surface area contributed by atoms with E-state index in [4.69, 9.17) is 0 Å². The maximum Gasteiger partial charge on any atom is 0.416 e. The molecule has 0 aliphatic carbocycles. The Labute approximate surface area is 158 Å². The van der Waals surface area contributed by atoms with Gasteiger partial charge in [-0.05, 0) is 23.2 Å². The fourth-order valence-corrected chi connectivity index (χ4v) is 2.76. The monoisotopic (exact) mass is 399 g/mol. The highest BCUT2D eigenvalue weighted by molar-refractivity contribution is 6.87. The molecule has 0 unspecified atom stereocenters. The van der Waals surface area contributed by atoms with Crippen LogP contribution < -0.4 is 5.32 Å². The minimum atomic E-state index is -4.59. The van der Waals surface area contributed by atoms with Crippen LogP contribution in [0.2, 0.25) is 18.1 Å². The molecule has 0 aliphatic heterocycles. The fourth-order valence-electron chi connectivity index (χ4n) is 1.84. The van der Waals surface area contributed by atoms with Crippen LogP contribution in [0, 0.1) is 11.5 Å². The third-order valence-electron chi connectivity index (χ3n) is 4.64. The van der Waals surface area contributed by atoms with Crippen LogP contribution in [0.25, 0.3) is 0 Å². The molecule has 0 aromatic heterocycles. The van der Waals surface area contributed by atoms with Crippen molar-refractivity contribution in [1.29, 1.82) is 0 Å². The Morgan fingerprint density at radius 2 is 1.81 bits per heavy atom. The summed E-state index contributed by atoms with van der Waals surface area (Å²) in [7, 11) is -1.93. The molecule has 27 heavy (non-hydrogen) atoms. The molecule has 148 valence electrons. The highest BCUT2D eigenvalue weighted by atomic mass is 28.3. The zero-order valence-electron chi connectivity index (χ0n) is 16.0. The van der Waals surface area contributed by atoms with Crippen LogP contribution in [0.5, 0.6) is 0 Å². The van der Waals surface area contributed by atoms with Gasteiger partial charge in [0.15, 0.2) is 0 Å². The number of carbonyl (C=O) groups is 2. The lowest BCUT2D eigenvalue weighted by Gasteiger charge is -2.31. The molecule has 4 nitrogen and oxygen atoms in total. The number of hydrogen-bond acceptors (Lipinski definition) is 2. The summed E-state index contributed by atoms with van der Waals surface area (Å²) in [6.07, 6.45) is -4.70. The van der Waals surface area contributed by atoms with E-state index in [1.807, 2.05) is 0 Å². The number of alkyl halides is 3. The van der Waals surface area contributed by atoms with E-state index in [0.717, 1.165) is 12.1 Å². The van der Waals surface area contributed by atoms with Crippen molar-refractivity contribution in [2.24, 2.45) is 0 Å². The van der Waals surface area contributed by atoms with Gasteiger partial charge in [-0.1, -0.05) is 39.9 Å². The van der Waals surface area contributed by atoms with Gasteiger partial charge >= 0.3 is 12.1 Å². The first-order valence-corrected chi connectivity index (χ1v) is 11.4. The molecule has 1 aromatic rings. The number of halogens is 3. The molecule has 0 saturated carbocycles. The van der Waals surface area contributed by atoms with Gasteiger partial charge in [-0.15, -0.1) is 11.5 Å². The normalized spacial score (nSPS) is 13.3. The lowest BCUT2D eigenvalue weighted by atomic mass is 10.1. The molecular formula is C19H24F3NO3Si. The number of amides is 1. The molecule has 0 heterocycles. The lowest BCUT2D eigenvalue weighted by molar-refractivity contribution is -0.139. The first kappa shape index (κ1) is 22.8. The van der Waals surface area contributed by atoms with E-state index < -0.39 is 37.7 Å². The highest BCUT2D eigenvalue weighted by Crippen LogP contribution is 2.35. The number of benzene rings is 1. The minimum absolute atomic E-state index is 0.00000262. The summed E-state index contributed by atoms with van der Waals surface area (Å²) in [5.74, 6) is 0.664. The number of carbonyl (C=O) groups excluding carboxylic acids is 1. The molecule has 0 aliphatic rings. The van der Waals surface area contributed by atoms with Crippen LogP contribution in [0.15, 0.2) is 24.3 Å². The summed E-state index contributed by atoms with van der Waals surface area (Å²) in [5, 5.41) is 11.5. The minimum Gasteiger partial charge on any atom is -0.480 e. The van der Waals surface area contributed by atoms with E-state index >= 15 is 0 Å². The fraction of sp³-hybridized carbons (Fsp3) is 0.474. The van der Waals surface area contributed by atoms with Crippen molar-refractivity contribution in [3.8, 4) is 11.5 Å². The third kappa shape index (κ3) is 6.43. The maximum atomic E-state index is 12.8. The molecule has 0 bridgehead atoms. The van der Waals surface area contributed by atoms with E-state index in [1.165, 1.54) is 6.07 Å². The summed E-state index contributed by atoms with van der Waals surface area (Å²) in [6.45, 7) is 10.3. The van der Waals surface area contributed by atoms with Crippen LogP contribution in [-0.4, -0.2) is 31.1 Å². The van der Waals surface area contributed by atoms with Crippen molar-refractivity contribution in [3.05, 3.63) is 35.4 Å². The van der Waals surface area contributed by atoms with Gasteiger partial charge in [0, 0.05) is 12.0 Å². The predicted octanol–water partition coefficient (Wildman–Crippen LogP) is 4.33. The van der Waals surface area contributed by atoms with E-state index in [1.54, 1.807) is 0 Å². The van der Waals surface area contributed by atoms with Crippen molar-refractivity contribution in [3.63, 3.8) is 0 Å². The van der Waals surface area contributed by atoms with Gasteiger partial charge in [0.25, 0.3) is 5.91 Å². The van der Waals surface area contributed by atoms with Crippen LogP contribution in [0.1, 0.15) is 43.1 Å². The SMILES string of the molecule is CC(C)(C)[Si](C)(C)C#CC[C@@H](NC(=O)c1cccc(C(F)(F)F)c1)C(=O)O. The first-order chi connectivity index (χ1) is 12.1. The Balaban J connectivity index is 2.94. The summed E-state index contributed by atoms with van der Waals surface area (Å²) in [4.78, 5) is 23.6. The number of rotatable bonds is 4. The van der Waals surface area contributed by atoms with Crippen LogP contribution >= 0.6 is 0 Å². The molecule has 2 N–H and O–H groups in total. The Bertz CT molecular complexity index is 771. The molecule has 8 heteroatoms. The molecule has 0 saturated heterocycles. The van der Waals surface area contributed by atoms with E-state index in [-0.39, 0.29) is 17.0 Å². The lowest BCUT2D eigenvalue weighted by Crippen LogP contribution is -2.41. The maximum absolute atomic E-state index is 12.8. The second kappa shape index (κ2) is 8.17. The average molecular weight is 399 g/mol. The Hall–Kier alpha value is -2.27. The summed E-state index contributed by atoms with van der Waals surface area (Å²) in [5.41, 5.74) is 1.92. The molecule has 0 fully saturated rings. The smallest absolute Gasteiger partial charge is 0.416 e. The highest BCUT2D eigenvalue weighted by Gasteiger charge is 2.34. The van der Waals surface area contributed by atoms with Crippen molar-refractivity contribution < 1.29 is 27.9 Å². The number of aliphatic carboxylic acids is 1. The van der Waals surface area contributed by atoms with Gasteiger partial charge in [0.05, 0.1) is 5.56 Å². The standard InChI is InChI=1S/C19H24F3NO3Si/c1-18(2,3)27(4,5)11-7-10-15(17(25)26)23-16(24)13-8-6-9-14(12-13)19(20,21)22/h6,8-9,12,15H,10H2,1-5H3,(H,23,24)(H,25,26)/t15-/m1/s1. The molecule has 1 amide bonds. The molecule has 1 aromatic carbocycles. The zero-order chi connectivity index (χ0) is 21.0. The molecule has 1 rings (SSSR count). The third-order valence-corrected chi connectivity index (χ3v) is 9.19. The Kier molecular flexibility index (Phi) is 6.89. The van der Waals surface area contributed by atoms with E-state index in [2.05, 4.69) is 50.6 Å². The molecule has 0 radical (unpaired) electrons. The van der Waals surface area contributed by atoms with Crippen LogP contribution in [-0.2, 0) is 11.0 Å². The molecular weight excluding hydrogens is 375 g/mol. The van der Waals surface area contributed by atoms with Gasteiger partial charge in [0.1, 0.15) is 14.1 Å². The van der Waals surface area contributed by atoms with Gasteiger partial charge in [-0.25, -0.2) is 4.79 Å². The van der Waals surface area contributed by atoms with Crippen molar-refractivity contribution in [2.45, 2.75) is 57.5 Å². The molecule has 1 atom stereocenters. The number of hydrogen-bond donors (Lipinski definition) is 2. The van der Waals surface area contributed by atoms with Crippen LogP contribution in [0.3, 0.4) is 0 Å². The van der Waals surface area contributed by atoms with Crippen molar-refractivity contribution >= 4 is 20.0 Å². The summed E-state index contributed by atoms with van der Waals surface area (Å²) in [6, 6.07) is 2.53. The number of carboxylic acid groups (broad SMARTS) is 1. The Morgan fingerprint density at radius 1 is 1.22 bits per heavy atom. The van der Waals surface area contributed by atoms with Gasteiger partial charge in [-0.3, -0.25) is 4.79 Å². The van der Waals surface area contributed by atoms with Crippen LogP contribution in [0.4, 0.5) is 13.2 Å². The van der Waals surface area contributed by atoms with Crippen molar-refractivity contribution in [1.82, 2.24) is 5.32 Å². The second-order valence-corrected chi connectivity index (χ2v) is 12.8. The largest absolute Gasteiger partial charge is 0.480 e. The zero-order valence-corrected chi connectivity index (χ0v) is 17.0. The van der Waals surface area contributed by atoms with Gasteiger partial charge < -0.3 is 10.4 Å². The second-order valence-electron chi connectivity index (χ2n) is 7.82. The molecule has 0 spiro atoms. The van der Waals surface area contributed by atoms with Gasteiger partial charge in [-0.2, -0.15) is 13.2 Å². The van der Waals surface area contributed by atoms with E-state index in [9.17, 15) is 27.9 Å². The summed E-state index contributed by atoms with van der Waals surface area (Å²) < 4.78 is 38.3. The van der Waals surface area contributed by atoms with E-state index in [0.29, 0.717) is 6.07 Å².